The highest BCUT2D eigenvalue weighted by molar-refractivity contribution is 7.91. The number of halogens is 1. The van der Waals surface area contributed by atoms with Crippen molar-refractivity contribution in [2.24, 2.45) is 0 Å². The molecule has 0 bridgehead atoms. The zero-order valence-corrected chi connectivity index (χ0v) is 9.63. The van der Waals surface area contributed by atoms with Crippen LogP contribution in [-0.4, -0.2) is 26.0 Å². The van der Waals surface area contributed by atoms with E-state index >= 15 is 0 Å². The molecule has 1 aromatic carbocycles. The second-order valence-electron chi connectivity index (χ2n) is 4.11. The molecule has 16 heavy (non-hydrogen) atoms. The van der Waals surface area contributed by atoms with E-state index in [2.05, 4.69) is 5.32 Å². The Labute approximate surface area is 94.6 Å². The number of hydrogen-bond acceptors (Lipinski definition) is 3. The fourth-order valence-corrected chi connectivity index (χ4v) is 3.57. The summed E-state index contributed by atoms with van der Waals surface area (Å²) in [6.45, 7) is 0.512. The lowest BCUT2D eigenvalue weighted by Crippen LogP contribution is -2.29. The highest BCUT2D eigenvalue weighted by Crippen LogP contribution is 2.12. The van der Waals surface area contributed by atoms with Gasteiger partial charge in [0.2, 0.25) is 0 Å². The predicted molar refractivity (Wildman–Crippen MR) is 60.3 cm³/mol. The van der Waals surface area contributed by atoms with Gasteiger partial charge in [-0.1, -0.05) is 12.1 Å². The summed E-state index contributed by atoms with van der Waals surface area (Å²) >= 11 is 0. The zero-order chi connectivity index (χ0) is 11.6. The van der Waals surface area contributed by atoms with Crippen LogP contribution >= 0.6 is 0 Å². The number of rotatable bonds is 3. The van der Waals surface area contributed by atoms with Gasteiger partial charge in [-0.05, 0) is 24.1 Å². The molecule has 1 N–H and O–H groups in total. The highest BCUT2D eigenvalue weighted by Gasteiger charge is 2.27. The lowest BCUT2D eigenvalue weighted by atomic mass is 10.2. The van der Waals surface area contributed by atoms with Crippen LogP contribution in [0.15, 0.2) is 24.3 Å². The van der Waals surface area contributed by atoms with E-state index in [1.54, 1.807) is 6.07 Å². The van der Waals surface area contributed by atoms with Crippen LogP contribution in [0, 0.1) is 5.82 Å². The van der Waals surface area contributed by atoms with Crippen LogP contribution in [0.4, 0.5) is 4.39 Å². The summed E-state index contributed by atoms with van der Waals surface area (Å²) in [7, 11) is -2.84. The van der Waals surface area contributed by atoms with E-state index in [1.165, 1.54) is 12.1 Å². The predicted octanol–water partition coefficient (Wildman–Crippen LogP) is 1.10. The molecule has 1 saturated heterocycles. The van der Waals surface area contributed by atoms with Crippen molar-refractivity contribution in [2.45, 2.75) is 19.0 Å². The smallest absolute Gasteiger partial charge is 0.151 e. The van der Waals surface area contributed by atoms with Crippen molar-refractivity contribution in [3.8, 4) is 0 Å². The molecule has 3 nitrogen and oxygen atoms in total. The zero-order valence-electron chi connectivity index (χ0n) is 8.82. The van der Waals surface area contributed by atoms with Gasteiger partial charge < -0.3 is 5.32 Å². The normalized spacial score (nSPS) is 23.4. The molecule has 1 fully saturated rings. The third-order valence-electron chi connectivity index (χ3n) is 2.72. The molecule has 1 aliphatic heterocycles. The van der Waals surface area contributed by atoms with Crippen molar-refractivity contribution in [1.82, 2.24) is 5.32 Å². The summed E-state index contributed by atoms with van der Waals surface area (Å²) in [5.41, 5.74) is 0.837. The van der Waals surface area contributed by atoms with Crippen molar-refractivity contribution in [3.63, 3.8) is 0 Å². The fraction of sp³-hybridized carbons (Fsp3) is 0.455. The minimum Gasteiger partial charge on any atom is -0.309 e. The summed E-state index contributed by atoms with van der Waals surface area (Å²) in [5.74, 6) is 0.189. The van der Waals surface area contributed by atoms with E-state index in [1.807, 2.05) is 6.07 Å². The first-order valence-corrected chi connectivity index (χ1v) is 7.05. The van der Waals surface area contributed by atoms with E-state index < -0.39 is 9.84 Å². The lowest BCUT2D eigenvalue weighted by molar-refractivity contribution is 0.551. The maximum Gasteiger partial charge on any atom is 0.151 e. The molecule has 0 aliphatic carbocycles. The summed E-state index contributed by atoms with van der Waals surface area (Å²) in [5, 5.41) is 3.13. The van der Waals surface area contributed by atoms with Crippen LogP contribution < -0.4 is 5.32 Å². The fourth-order valence-electron chi connectivity index (χ4n) is 1.87. The Morgan fingerprint density at radius 1 is 1.44 bits per heavy atom. The summed E-state index contributed by atoms with van der Waals surface area (Å²) in [6.07, 6.45) is 0.650. The molecule has 0 unspecified atom stereocenters. The third kappa shape index (κ3) is 3.02. The van der Waals surface area contributed by atoms with Gasteiger partial charge in [0.15, 0.2) is 9.84 Å². The highest BCUT2D eigenvalue weighted by atomic mass is 32.2. The minimum absolute atomic E-state index is 0.00765. The Hall–Kier alpha value is -0.940. The Bertz CT molecular complexity index is 473. The lowest BCUT2D eigenvalue weighted by Gasteiger charge is -2.10. The first-order valence-electron chi connectivity index (χ1n) is 5.23. The third-order valence-corrected chi connectivity index (χ3v) is 4.48. The van der Waals surface area contributed by atoms with Crippen molar-refractivity contribution in [2.75, 3.05) is 11.5 Å². The topological polar surface area (TPSA) is 46.2 Å². The average Bonchev–Trinajstić information content (AvgIpc) is 2.56. The minimum atomic E-state index is -2.84. The van der Waals surface area contributed by atoms with Crippen molar-refractivity contribution in [1.29, 1.82) is 0 Å². The number of benzene rings is 1. The SMILES string of the molecule is O=S1(=O)CC[C@H](NCc2cccc(F)c2)C1. The van der Waals surface area contributed by atoms with Crippen molar-refractivity contribution >= 4 is 9.84 Å². The molecular weight excluding hydrogens is 229 g/mol. The van der Waals surface area contributed by atoms with Crippen molar-refractivity contribution < 1.29 is 12.8 Å². The van der Waals surface area contributed by atoms with Crippen LogP contribution in [0.1, 0.15) is 12.0 Å². The number of nitrogens with one attached hydrogen (secondary N) is 1. The van der Waals surface area contributed by atoms with Gasteiger partial charge in [0.25, 0.3) is 0 Å². The van der Waals surface area contributed by atoms with Crippen LogP contribution in [-0.2, 0) is 16.4 Å². The van der Waals surface area contributed by atoms with Crippen molar-refractivity contribution in [3.05, 3.63) is 35.6 Å². The number of hydrogen-bond donors (Lipinski definition) is 1. The molecule has 1 heterocycles. The van der Waals surface area contributed by atoms with Gasteiger partial charge in [0, 0.05) is 12.6 Å². The van der Waals surface area contributed by atoms with E-state index in [9.17, 15) is 12.8 Å². The van der Waals surface area contributed by atoms with Gasteiger partial charge in [-0.25, -0.2) is 12.8 Å². The quantitative estimate of drug-likeness (QED) is 0.864. The van der Waals surface area contributed by atoms with Gasteiger partial charge in [0.1, 0.15) is 5.82 Å². The first-order chi connectivity index (χ1) is 7.55. The Morgan fingerprint density at radius 3 is 2.88 bits per heavy atom. The molecule has 2 rings (SSSR count). The molecule has 88 valence electrons. The van der Waals surface area contributed by atoms with Crippen LogP contribution in [0.3, 0.4) is 0 Å². The largest absolute Gasteiger partial charge is 0.309 e. The van der Waals surface area contributed by atoms with Gasteiger partial charge in [-0.3, -0.25) is 0 Å². The maximum absolute atomic E-state index is 12.9. The van der Waals surface area contributed by atoms with Crippen LogP contribution in [0.25, 0.3) is 0 Å². The molecule has 1 aromatic rings. The number of sulfone groups is 1. The molecule has 0 spiro atoms. The summed E-state index contributed by atoms with van der Waals surface area (Å²) < 4.78 is 35.3. The molecule has 1 aliphatic rings. The summed E-state index contributed by atoms with van der Waals surface area (Å²) in [6, 6.07) is 6.32. The van der Waals surface area contributed by atoms with Gasteiger partial charge in [-0.15, -0.1) is 0 Å². The Balaban J connectivity index is 1.89. The average molecular weight is 243 g/mol. The molecule has 0 amide bonds. The van der Waals surface area contributed by atoms with Crippen LogP contribution in [0.5, 0.6) is 0 Å². The second kappa shape index (κ2) is 4.51. The van der Waals surface area contributed by atoms with Gasteiger partial charge >= 0.3 is 0 Å². The molecule has 1 atom stereocenters. The van der Waals surface area contributed by atoms with Gasteiger partial charge in [-0.2, -0.15) is 0 Å². The second-order valence-corrected chi connectivity index (χ2v) is 6.34. The molecule has 0 saturated carbocycles. The van der Waals surface area contributed by atoms with Gasteiger partial charge in [0.05, 0.1) is 11.5 Å². The van der Waals surface area contributed by atoms with Crippen LogP contribution in [0.2, 0.25) is 0 Å². The Kier molecular flexibility index (Phi) is 3.25. The van der Waals surface area contributed by atoms with E-state index in [4.69, 9.17) is 0 Å². The monoisotopic (exact) mass is 243 g/mol. The molecule has 0 radical (unpaired) electrons. The van der Waals surface area contributed by atoms with E-state index in [0.29, 0.717) is 13.0 Å². The standard InChI is InChI=1S/C11H14FNO2S/c12-10-3-1-2-9(6-10)7-13-11-4-5-16(14,15)8-11/h1-3,6,11,13H,4-5,7-8H2/t11-/m0/s1. The molecular formula is C11H14FNO2S. The Morgan fingerprint density at radius 2 is 2.25 bits per heavy atom. The molecule has 0 aromatic heterocycles. The maximum atomic E-state index is 12.9. The molecule has 5 heteroatoms. The summed E-state index contributed by atoms with van der Waals surface area (Å²) in [4.78, 5) is 0. The first kappa shape index (κ1) is 11.5. The van der Waals surface area contributed by atoms with E-state index in [-0.39, 0.29) is 23.4 Å². The van der Waals surface area contributed by atoms with E-state index in [0.717, 1.165) is 5.56 Å².